The largest absolute Gasteiger partial charge is 0.493 e. The minimum atomic E-state index is 0.552. The molecule has 3 aliphatic rings. The Bertz CT molecular complexity index is 456. The molecule has 2 heterocycles. The summed E-state index contributed by atoms with van der Waals surface area (Å²) in [5.41, 5.74) is 1.29. The van der Waals surface area contributed by atoms with Crippen molar-refractivity contribution in [2.45, 2.75) is 31.2 Å². The number of nitrogens with one attached hydrogen (secondary N) is 1. The zero-order valence-electron chi connectivity index (χ0n) is 12.4. The van der Waals surface area contributed by atoms with Crippen molar-refractivity contribution in [3.8, 4) is 17.2 Å². The van der Waals surface area contributed by atoms with E-state index in [4.69, 9.17) is 14.2 Å². The van der Waals surface area contributed by atoms with Gasteiger partial charge in [0.25, 0.3) is 0 Å². The molecule has 4 rings (SSSR count). The number of piperidine rings is 2. The van der Waals surface area contributed by atoms with Gasteiger partial charge in [-0.1, -0.05) is 0 Å². The van der Waals surface area contributed by atoms with Crippen molar-refractivity contribution in [1.82, 2.24) is 5.32 Å². The fourth-order valence-corrected chi connectivity index (χ4v) is 3.69. The fraction of sp³-hybridized carbons (Fsp3) is 0.625. The predicted molar refractivity (Wildman–Crippen MR) is 78.0 cm³/mol. The van der Waals surface area contributed by atoms with E-state index in [2.05, 4.69) is 17.4 Å². The molecule has 110 valence electrons. The summed E-state index contributed by atoms with van der Waals surface area (Å²) >= 11 is 0. The summed E-state index contributed by atoms with van der Waals surface area (Å²) in [6, 6.07) is 4.80. The summed E-state index contributed by atoms with van der Waals surface area (Å²) in [7, 11) is 4.99. The van der Waals surface area contributed by atoms with Gasteiger partial charge in [0.1, 0.15) is 0 Å². The quantitative estimate of drug-likeness (QED) is 0.918. The van der Waals surface area contributed by atoms with Gasteiger partial charge in [-0.2, -0.15) is 0 Å². The summed E-state index contributed by atoms with van der Waals surface area (Å²) < 4.78 is 16.3. The second-order valence-corrected chi connectivity index (χ2v) is 5.76. The molecule has 2 aliphatic heterocycles. The second-order valence-electron chi connectivity index (χ2n) is 5.76. The van der Waals surface area contributed by atoms with Gasteiger partial charge in [0.05, 0.1) is 21.3 Å². The number of benzene rings is 1. The van der Waals surface area contributed by atoms with Crippen LogP contribution in [0.5, 0.6) is 17.2 Å². The van der Waals surface area contributed by atoms with Crippen LogP contribution in [0.15, 0.2) is 12.1 Å². The molecule has 3 fully saturated rings. The van der Waals surface area contributed by atoms with Crippen LogP contribution in [0.2, 0.25) is 0 Å². The monoisotopic (exact) mass is 277 g/mol. The van der Waals surface area contributed by atoms with Gasteiger partial charge in [-0.05, 0) is 55.3 Å². The molecule has 2 saturated heterocycles. The van der Waals surface area contributed by atoms with E-state index >= 15 is 0 Å². The number of hydrogen-bond acceptors (Lipinski definition) is 4. The standard InChI is InChI=1S/C16H23NO3/c1-18-14-7-11(8-15(19-2)16(14)20-3)12-6-10-4-5-13(12)17-9-10/h7-8,10,12-13,17H,4-6,9H2,1-3H3/t10-,12?,13+/m0/s1. The summed E-state index contributed by atoms with van der Waals surface area (Å²) in [6.45, 7) is 1.17. The van der Waals surface area contributed by atoms with Crippen LogP contribution < -0.4 is 19.5 Å². The SMILES string of the molecule is COc1cc(C2C[C@@H]3CC[C@H]2NC3)cc(OC)c1OC. The van der Waals surface area contributed by atoms with Crippen molar-refractivity contribution < 1.29 is 14.2 Å². The van der Waals surface area contributed by atoms with E-state index in [1.54, 1.807) is 21.3 Å². The van der Waals surface area contributed by atoms with Crippen LogP contribution in [0, 0.1) is 5.92 Å². The lowest BCUT2D eigenvalue weighted by atomic mass is 9.71. The van der Waals surface area contributed by atoms with Crippen molar-refractivity contribution in [3.63, 3.8) is 0 Å². The van der Waals surface area contributed by atoms with E-state index in [1.165, 1.54) is 31.4 Å². The molecule has 1 aromatic rings. The highest BCUT2D eigenvalue weighted by molar-refractivity contribution is 5.54. The lowest BCUT2D eigenvalue weighted by Gasteiger charge is -2.43. The van der Waals surface area contributed by atoms with E-state index in [1.807, 2.05) is 0 Å². The molecule has 0 aromatic heterocycles. The molecule has 4 heteroatoms. The van der Waals surface area contributed by atoms with E-state index in [9.17, 15) is 0 Å². The van der Waals surface area contributed by atoms with E-state index < -0.39 is 0 Å². The topological polar surface area (TPSA) is 39.7 Å². The van der Waals surface area contributed by atoms with Gasteiger partial charge in [-0.3, -0.25) is 0 Å². The van der Waals surface area contributed by atoms with E-state index in [-0.39, 0.29) is 0 Å². The van der Waals surface area contributed by atoms with Gasteiger partial charge in [-0.15, -0.1) is 0 Å². The first-order chi connectivity index (χ1) is 9.76. The summed E-state index contributed by atoms with van der Waals surface area (Å²) in [6.07, 6.45) is 3.89. The molecular weight excluding hydrogens is 254 g/mol. The van der Waals surface area contributed by atoms with Crippen molar-refractivity contribution in [2.75, 3.05) is 27.9 Å². The number of rotatable bonds is 4. The van der Waals surface area contributed by atoms with Crippen LogP contribution >= 0.6 is 0 Å². The molecule has 4 nitrogen and oxygen atoms in total. The Morgan fingerprint density at radius 2 is 1.70 bits per heavy atom. The summed E-state index contributed by atoms with van der Waals surface area (Å²) in [5.74, 6) is 3.54. The third-order valence-electron chi connectivity index (χ3n) is 4.74. The third-order valence-corrected chi connectivity index (χ3v) is 4.74. The van der Waals surface area contributed by atoms with Gasteiger partial charge in [-0.25, -0.2) is 0 Å². The molecule has 0 amide bonds. The Morgan fingerprint density at radius 3 is 2.10 bits per heavy atom. The molecule has 1 N–H and O–H groups in total. The minimum absolute atomic E-state index is 0.552. The van der Waals surface area contributed by atoms with Crippen molar-refractivity contribution in [1.29, 1.82) is 0 Å². The summed E-state index contributed by atoms with van der Waals surface area (Å²) in [4.78, 5) is 0. The van der Waals surface area contributed by atoms with Crippen molar-refractivity contribution in [3.05, 3.63) is 17.7 Å². The first-order valence-electron chi connectivity index (χ1n) is 7.30. The average Bonchev–Trinajstić information content (AvgIpc) is 2.54. The van der Waals surface area contributed by atoms with Gasteiger partial charge in [0.2, 0.25) is 5.75 Å². The van der Waals surface area contributed by atoms with E-state index in [0.717, 1.165) is 17.4 Å². The maximum Gasteiger partial charge on any atom is 0.203 e. The first-order valence-corrected chi connectivity index (χ1v) is 7.30. The van der Waals surface area contributed by atoms with Gasteiger partial charge >= 0.3 is 0 Å². The zero-order valence-corrected chi connectivity index (χ0v) is 12.4. The maximum atomic E-state index is 5.46. The molecule has 2 bridgehead atoms. The van der Waals surface area contributed by atoms with Crippen LogP contribution in [-0.2, 0) is 0 Å². The number of ether oxygens (including phenoxy) is 3. The molecule has 1 saturated carbocycles. The van der Waals surface area contributed by atoms with Crippen molar-refractivity contribution in [2.24, 2.45) is 5.92 Å². The van der Waals surface area contributed by atoms with Gasteiger partial charge in [0, 0.05) is 6.04 Å². The number of hydrogen-bond donors (Lipinski definition) is 1. The Balaban J connectivity index is 1.97. The molecular formula is C16H23NO3. The molecule has 3 atom stereocenters. The van der Waals surface area contributed by atoms with Crippen LogP contribution in [0.25, 0.3) is 0 Å². The minimum Gasteiger partial charge on any atom is -0.493 e. The van der Waals surface area contributed by atoms with Gasteiger partial charge < -0.3 is 19.5 Å². The Kier molecular flexibility index (Phi) is 3.74. The highest BCUT2D eigenvalue weighted by Crippen LogP contribution is 2.45. The van der Waals surface area contributed by atoms with Crippen LogP contribution in [0.1, 0.15) is 30.7 Å². The smallest absolute Gasteiger partial charge is 0.203 e. The molecule has 1 aromatic carbocycles. The third kappa shape index (κ3) is 2.22. The van der Waals surface area contributed by atoms with Crippen LogP contribution in [-0.4, -0.2) is 33.9 Å². The Hall–Kier alpha value is -1.42. The van der Waals surface area contributed by atoms with Gasteiger partial charge in [0.15, 0.2) is 11.5 Å². The lowest BCUT2D eigenvalue weighted by molar-refractivity contribution is 0.182. The van der Waals surface area contributed by atoms with Crippen LogP contribution in [0.4, 0.5) is 0 Å². The second kappa shape index (κ2) is 5.52. The maximum absolute atomic E-state index is 5.46. The first kappa shape index (κ1) is 13.6. The summed E-state index contributed by atoms with van der Waals surface area (Å²) in [5, 5.41) is 3.66. The highest BCUT2D eigenvalue weighted by atomic mass is 16.5. The predicted octanol–water partition coefficient (Wildman–Crippen LogP) is 2.57. The lowest BCUT2D eigenvalue weighted by Crippen LogP contribution is -2.48. The van der Waals surface area contributed by atoms with Crippen LogP contribution in [0.3, 0.4) is 0 Å². The molecule has 20 heavy (non-hydrogen) atoms. The Morgan fingerprint density at radius 1 is 1.00 bits per heavy atom. The van der Waals surface area contributed by atoms with E-state index in [0.29, 0.717) is 17.7 Å². The molecule has 0 radical (unpaired) electrons. The molecule has 0 spiro atoms. The Labute approximate surface area is 120 Å². The molecule has 1 aliphatic carbocycles. The number of methoxy groups -OCH3 is 3. The highest BCUT2D eigenvalue weighted by Gasteiger charge is 2.36. The zero-order chi connectivity index (χ0) is 14.1. The normalized spacial score (nSPS) is 28.2. The van der Waals surface area contributed by atoms with Crippen molar-refractivity contribution >= 4 is 0 Å². The molecule has 1 unspecified atom stereocenters. The average molecular weight is 277 g/mol. The fourth-order valence-electron chi connectivity index (χ4n) is 3.69. The number of fused-ring (bicyclic) bond motifs is 3.